The quantitative estimate of drug-likeness (QED) is 0.0235. The molecule has 8 aliphatic rings. The second-order valence-corrected chi connectivity index (χ2v) is 27.7. The summed E-state index contributed by atoms with van der Waals surface area (Å²) < 4.78 is 68.5. The van der Waals surface area contributed by atoms with Crippen LogP contribution in [0.2, 0.25) is 0 Å². The van der Waals surface area contributed by atoms with Crippen molar-refractivity contribution in [3.05, 3.63) is 12.2 Å². The van der Waals surface area contributed by atoms with Crippen molar-refractivity contribution in [2.24, 2.45) is 11.8 Å². The number of rotatable bonds is 30. The Labute approximate surface area is 577 Å². The molecule has 7 saturated heterocycles. The molecular weight excluding hydrogens is 1350 g/mol. The summed E-state index contributed by atoms with van der Waals surface area (Å²) in [5, 5.41) is 210. The maximum Gasteiger partial charge on any atom is 0.217 e. The van der Waals surface area contributed by atoms with E-state index in [2.05, 4.69) is 24.1 Å². The number of ether oxygens (including phenoxy) is 12. The SMILES string of the molecule is C=C(CC)CCCSC1C[C@H](O)N(CC2CCC(C(=O)CNCC)CC2)[C@@H]1O.CCO[C@@H]1OC(CO)[C@@H](O[C@@H]2OC(CO)[C@H](O[C@H]3OC(CO)[C@H](O)[C@H](O[C@@H]4OC(CO)[C@H](O)[C@H](O[C@@H]5OC(CO)[C@H](O)[C@H](O)C5O[C@@H]5OC(C)[C@@H](O)[C@H](O)C5O)C4NC(C)=O)C3O)[C@H](O)C2O)[C@H](O)C1O. The van der Waals surface area contributed by atoms with Gasteiger partial charge in [-0.05, 0) is 77.0 Å². The average molecular weight is 1460 g/mol. The molecule has 7 aliphatic heterocycles. The first-order valence-corrected chi connectivity index (χ1v) is 35.1. The second kappa shape index (κ2) is 39.5. The highest BCUT2D eigenvalue weighted by Crippen LogP contribution is 2.40. The number of Topliss-reactive ketones (excluding diaryl/α,β-unsaturated/α-hetero) is 1. The lowest BCUT2D eigenvalue weighted by molar-refractivity contribution is -0.393. The van der Waals surface area contributed by atoms with Gasteiger partial charge in [0.15, 0.2) is 37.7 Å². The number of carbonyl (C=O) groups is 2. The van der Waals surface area contributed by atoms with Gasteiger partial charge in [0.25, 0.3) is 0 Å². The largest absolute Gasteiger partial charge is 0.394 e. The summed E-state index contributed by atoms with van der Waals surface area (Å²) in [7, 11) is 0. The molecule has 13 unspecified atom stereocenters. The van der Waals surface area contributed by atoms with Crippen molar-refractivity contribution in [1.82, 2.24) is 15.5 Å². The Morgan fingerprint density at radius 2 is 1.00 bits per heavy atom. The highest BCUT2D eigenvalue weighted by atomic mass is 32.2. The second-order valence-electron chi connectivity index (χ2n) is 26.3. The molecule has 576 valence electrons. The van der Waals surface area contributed by atoms with Crippen LogP contribution in [0.1, 0.15) is 86.0 Å². The van der Waals surface area contributed by atoms with Crippen molar-refractivity contribution in [3.8, 4) is 0 Å². The fourth-order valence-electron chi connectivity index (χ4n) is 13.5. The number of hydrogen-bond acceptors (Lipinski definition) is 36. The van der Waals surface area contributed by atoms with Crippen LogP contribution in [0.3, 0.4) is 0 Å². The molecule has 1 amide bonds. The van der Waals surface area contributed by atoms with Crippen LogP contribution in [-0.4, -0.2) is 381 Å². The normalized spacial score (nSPS) is 45.4. The topological polar surface area (TPSA) is 557 Å². The Kier molecular flexibility index (Phi) is 33.6. The van der Waals surface area contributed by atoms with E-state index in [4.69, 9.17) is 56.8 Å². The van der Waals surface area contributed by atoms with Crippen LogP contribution in [-0.2, 0) is 66.4 Å². The van der Waals surface area contributed by atoms with Crippen LogP contribution in [0.4, 0.5) is 0 Å². The monoisotopic (exact) mass is 1460 g/mol. The van der Waals surface area contributed by atoms with Crippen LogP contribution in [0.25, 0.3) is 0 Å². The molecule has 0 radical (unpaired) electrons. The molecular formula is C62H109N3O33S. The number of nitrogens with one attached hydrogen (secondary N) is 2. The molecule has 1 saturated carbocycles. The maximum absolute atomic E-state index is 12.8. The van der Waals surface area contributed by atoms with E-state index in [1.165, 1.54) is 12.5 Å². The number of thioether (sulfide) groups is 1. The van der Waals surface area contributed by atoms with Crippen LogP contribution < -0.4 is 10.6 Å². The van der Waals surface area contributed by atoms with Gasteiger partial charge < -0.3 is 164 Å². The van der Waals surface area contributed by atoms with E-state index < -0.39 is 236 Å². The minimum absolute atomic E-state index is 0.0558. The number of amides is 1. The Morgan fingerprint density at radius 1 is 0.525 bits per heavy atom. The molecule has 7 heterocycles. The number of ketones is 1. The third-order valence-corrected chi connectivity index (χ3v) is 20.8. The van der Waals surface area contributed by atoms with Gasteiger partial charge in [0.1, 0.15) is 159 Å². The lowest BCUT2D eigenvalue weighted by atomic mass is 9.79. The first kappa shape index (κ1) is 84.2. The summed E-state index contributed by atoms with van der Waals surface area (Å²) >= 11 is 1.78. The van der Waals surface area contributed by atoms with E-state index in [1.54, 1.807) is 18.7 Å². The number of aliphatic hydroxyl groups excluding tert-OH is 19. The predicted octanol–water partition coefficient (Wildman–Crippen LogP) is -8.72. The fourth-order valence-corrected chi connectivity index (χ4v) is 14.7. The molecule has 0 aromatic heterocycles. The van der Waals surface area contributed by atoms with Crippen LogP contribution >= 0.6 is 11.8 Å². The standard InChI is InChI=1S/C40H69NO30.C22H40N2O3S/c1-4-60-36-27(57)24(54)30(15(8-45)65-36)67-38-28(58)25(55)31(16(9-46)66-38)68-39-29(59)33(21(51)14(7-44)63-39)70-35-17(41-11(3)47)32(20(50)13(6-43)62-35)69-40-34(23(53)19(49)12(5-42)64-40)71-37-26(56)22(52)18(48)10(2)61-37;1-4-16(3)7-6-12-28-20-13-21(26)24(22(20)27)15-17-8-10-18(11-9-17)19(25)14-23-5-2/h10,12-40,42-46,48-59H,4-9H2,1-3H3,(H,41,47);17-18,20-23,26-27H,3-15H2,1-2H3/t10?,12?,13?,14?,15?,16?,17?,18-,19+,20+,21+,22+,23+,24-,25-,26?,27?,28?,29?,30-,31+,32-,33+,34?,35+,36-,37+,38+,39-,40+;17?,18?,20?,21-,22+/m10/s1. The molecule has 99 heavy (non-hydrogen) atoms. The van der Waals surface area contributed by atoms with E-state index in [9.17, 15) is 107 Å². The summed E-state index contributed by atoms with van der Waals surface area (Å²) in [5.41, 5.74) is 1.29. The molecule has 8 rings (SSSR count). The average Bonchev–Trinajstić information content (AvgIpc) is 1.41. The van der Waals surface area contributed by atoms with Gasteiger partial charge in [0.2, 0.25) is 5.91 Å². The first-order chi connectivity index (χ1) is 47.1. The van der Waals surface area contributed by atoms with Crippen molar-refractivity contribution >= 4 is 23.5 Å². The molecule has 37 heteroatoms. The van der Waals surface area contributed by atoms with E-state index in [0.29, 0.717) is 24.7 Å². The minimum atomic E-state index is -2.20. The minimum Gasteiger partial charge on any atom is -0.394 e. The number of hydrogen-bond donors (Lipinski definition) is 21. The fraction of sp³-hybridized carbons (Fsp3) is 0.935. The van der Waals surface area contributed by atoms with Crippen molar-refractivity contribution in [2.45, 2.75) is 288 Å². The van der Waals surface area contributed by atoms with Crippen LogP contribution in [0, 0.1) is 11.8 Å². The Balaban J connectivity index is 0.000000410. The van der Waals surface area contributed by atoms with Gasteiger partial charge >= 0.3 is 0 Å². The molecule has 36 nitrogen and oxygen atoms in total. The number of nitrogens with zero attached hydrogens (tertiary/aromatic N) is 1. The number of aliphatic hydroxyl groups is 19. The number of carbonyl (C=O) groups excluding carboxylic acids is 2. The lowest BCUT2D eigenvalue weighted by Gasteiger charge is -2.51. The number of allylic oxidation sites excluding steroid dienone is 1. The molecule has 33 atom stereocenters. The highest BCUT2D eigenvalue weighted by Gasteiger charge is 2.59. The summed E-state index contributed by atoms with van der Waals surface area (Å²) in [6, 6.07) is -1.78. The molecule has 1 aliphatic carbocycles. The smallest absolute Gasteiger partial charge is 0.217 e. The van der Waals surface area contributed by atoms with E-state index >= 15 is 0 Å². The Morgan fingerprint density at radius 3 is 1.57 bits per heavy atom. The molecule has 0 bridgehead atoms. The molecule has 21 N–H and O–H groups in total. The molecule has 0 aromatic carbocycles. The zero-order valence-corrected chi connectivity index (χ0v) is 57.0. The van der Waals surface area contributed by atoms with Gasteiger partial charge in [-0.25, -0.2) is 0 Å². The van der Waals surface area contributed by atoms with Crippen LogP contribution in [0.5, 0.6) is 0 Å². The summed E-state index contributed by atoms with van der Waals surface area (Å²) in [6.07, 6.45) is -46.3. The van der Waals surface area contributed by atoms with E-state index in [0.717, 1.165) is 70.7 Å². The van der Waals surface area contributed by atoms with Crippen molar-refractivity contribution in [3.63, 3.8) is 0 Å². The van der Waals surface area contributed by atoms with Crippen molar-refractivity contribution in [1.29, 1.82) is 0 Å². The van der Waals surface area contributed by atoms with Gasteiger partial charge in [-0.3, -0.25) is 14.5 Å². The van der Waals surface area contributed by atoms with Crippen LogP contribution in [0.15, 0.2) is 12.2 Å². The van der Waals surface area contributed by atoms with Gasteiger partial charge in [-0.2, -0.15) is 11.8 Å². The third kappa shape index (κ3) is 20.7. The Hall–Kier alpha value is -2.09. The van der Waals surface area contributed by atoms with Gasteiger partial charge in [-0.15, -0.1) is 0 Å². The lowest BCUT2D eigenvalue weighted by Crippen LogP contribution is -2.70. The maximum atomic E-state index is 12.8. The molecule has 8 fully saturated rings. The van der Waals surface area contributed by atoms with Gasteiger partial charge in [-0.1, -0.05) is 26.0 Å². The predicted molar refractivity (Wildman–Crippen MR) is 336 cm³/mol. The highest BCUT2D eigenvalue weighted by molar-refractivity contribution is 7.99. The zero-order chi connectivity index (χ0) is 72.9. The van der Waals surface area contributed by atoms with E-state index in [-0.39, 0.29) is 17.8 Å². The molecule has 0 spiro atoms. The summed E-state index contributed by atoms with van der Waals surface area (Å²) in [6.45, 7) is 9.48. The van der Waals surface area contributed by atoms with Gasteiger partial charge in [0, 0.05) is 37.7 Å². The summed E-state index contributed by atoms with van der Waals surface area (Å²) in [5.74, 6) is 1.13. The van der Waals surface area contributed by atoms with Crippen molar-refractivity contribution in [2.75, 3.05) is 65.0 Å². The van der Waals surface area contributed by atoms with Gasteiger partial charge in [0.05, 0.1) is 45.7 Å². The van der Waals surface area contributed by atoms with Crippen molar-refractivity contribution < 1.29 is 163 Å². The molecule has 0 aromatic rings. The summed E-state index contributed by atoms with van der Waals surface area (Å²) in [4.78, 5) is 26.8. The first-order valence-electron chi connectivity index (χ1n) is 34.1. The zero-order valence-electron chi connectivity index (χ0n) is 56.2. The third-order valence-electron chi connectivity index (χ3n) is 19.4. The Bertz CT molecular complexity index is 2420. The number of likely N-dealkylation sites (tertiary alicyclic amines) is 1. The number of likely N-dealkylation sites (N-methyl/N-ethyl adjacent to an activating group) is 1. The van der Waals surface area contributed by atoms with E-state index in [1.807, 2.05) is 11.8 Å².